The second kappa shape index (κ2) is 20.4. The molecule has 2 amide bonds. The van der Waals surface area contributed by atoms with E-state index >= 15 is 0 Å². The van der Waals surface area contributed by atoms with Gasteiger partial charge in [-0.3, -0.25) is 9.59 Å². The first kappa shape index (κ1) is 35.5. The van der Waals surface area contributed by atoms with Crippen molar-refractivity contribution in [3.8, 4) is 11.5 Å². The number of benzene rings is 2. The molecule has 1 aliphatic heterocycles. The van der Waals surface area contributed by atoms with Crippen LogP contribution in [0.3, 0.4) is 0 Å². The number of aryl methyl sites for hydroxylation is 1. The highest BCUT2D eigenvalue weighted by Crippen LogP contribution is 2.17. The zero-order chi connectivity index (χ0) is 30.6. The Kier molecular flexibility index (Phi) is 17.6. The van der Waals surface area contributed by atoms with Crippen LogP contribution in [-0.2, 0) is 22.4 Å². The number of nitrogens with one attached hydrogen (secondary N) is 2. The molecule has 2 unspecified atom stereocenters. The normalized spacial score (nSPS) is 15.5. The molecule has 2 aromatic rings. The fourth-order valence-electron chi connectivity index (χ4n) is 4.09. The molecular formula is C35H52N2O4. The van der Waals surface area contributed by atoms with E-state index in [2.05, 4.69) is 50.5 Å². The van der Waals surface area contributed by atoms with E-state index in [4.69, 9.17) is 9.47 Å². The van der Waals surface area contributed by atoms with Crippen LogP contribution in [0.1, 0.15) is 85.8 Å². The third-order valence-corrected chi connectivity index (χ3v) is 6.15. The van der Waals surface area contributed by atoms with Crippen molar-refractivity contribution in [2.24, 2.45) is 0 Å². The van der Waals surface area contributed by atoms with Gasteiger partial charge in [-0.15, -0.1) is 0 Å². The fourth-order valence-corrected chi connectivity index (χ4v) is 4.09. The topological polar surface area (TPSA) is 76.7 Å². The van der Waals surface area contributed by atoms with Crippen molar-refractivity contribution in [2.45, 2.75) is 99.6 Å². The standard InChI is InChI=1S/C31H40N2O4.2C2H6/c1-22(2)7-5-19-36-26-14-9-24(10-15-26)13-18-28-30(34)33-29(31(35)32-28)21-25-11-16-27(17-12-25)37-20-6-8-23(3)4;2*1-2/h7-12,14-17,28-29H,5-6,13,18-21H2,1-4H3,(H,32,35)(H,33,34);2*1-2H3. The largest absolute Gasteiger partial charge is 0.493 e. The van der Waals surface area contributed by atoms with Crippen LogP contribution in [0.5, 0.6) is 11.5 Å². The Balaban J connectivity index is 0.00000201. The average molecular weight is 565 g/mol. The van der Waals surface area contributed by atoms with Crippen LogP contribution in [0.2, 0.25) is 0 Å². The number of amides is 2. The summed E-state index contributed by atoms with van der Waals surface area (Å²) in [5, 5.41) is 5.81. The number of rotatable bonds is 13. The van der Waals surface area contributed by atoms with Crippen molar-refractivity contribution >= 4 is 11.8 Å². The molecule has 6 nitrogen and oxygen atoms in total. The lowest BCUT2D eigenvalue weighted by Gasteiger charge is -2.29. The molecule has 1 fully saturated rings. The predicted octanol–water partition coefficient (Wildman–Crippen LogP) is 7.37. The highest BCUT2D eigenvalue weighted by molar-refractivity contribution is 5.97. The molecule has 2 N–H and O–H groups in total. The maximum atomic E-state index is 12.7. The molecule has 0 spiro atoms. The van der Waals surface area contributed by atoms with Crippen LogP contribution < -0.4 is 20.1 Å². The molecule has 2 atom stereocenters. The van der Waals surface area contributed by atoms with E-state index in [0.29, 0.717) is 32.5 Å². The van der Waals surface area contributed by atoms with Gasteiger partial charge >= 0.3 is 0 Å². The Morgan fingerprint density at radius 1 is 0.659 bits per heavy atom. The lowest BCUT2D eigenvalue weighted by atomic mass is 9.98. The van der Waals surface area contributed by atoms with Crippen LogP contribution in [0.15, 0.2) is 71.8 Å². The molecule has 0 radical (unpaired) electrons. The molecular weight excluding hydrogens is 512 g/mol. The molecule has 6 heteroatoms. The third-order valence-electron chi connectivity index (χ3n) is 6.15. The molecule has 1 aliphatic rings. The number of piperazine rings is 1. The molecule has 41 heavy (non-hydrogen) atoms. The van der Waals surface area contributed by atoms with Gasteiger partial charge in [-0.1, -0.05) is 75.3 Å². The quantitative estimate of drug-likeness (QED) is 0.197. The number of ether oxygens (including phenoxy) is 2. The Morgan fingerprint density at radius 2 is 1.07 bits per heavy atom. The summed E-state index contributed by atoms with van der Waals surface area (Å²) in [6, 6.07) is 14.5. The summed E-state index contributed by atoms with van der Waals surface area (Å²) in [7, 11) is 0. The van der Waals surface area contributed by atoms with Gasteiger partial charge in [-0.2, -0.15) is 0 Å². The summed E-state index contributed by atoms with van der Waals surface area (Å²) in [5.41, 5.74) is 4.64. The lowest BCUT2D eigenvalue weighted by Crippen LogP contribution is -2.62. The summed E-state index contributed by atoms with van der Waals surface area (Å²) >= 11 is 0. The first-order valence-corrected chi connectivity index (χ1v) is 15.1. The molecule has 0 aromatic heterocycles. The maximum absolute atomic E-state index is 12.7. The summed E-state index contributed by atoms with van der Waals surface area (Å²) in [6.07, 6.45) is 7.74. The van der Waals surface area contributed by atoms with Crippen molar-refractivity contribution < 1.29 is 19.1 Å². The minimum atomic E-state index is -0.573. The molecule has 3 rings (SSSR count). The van der Waals surface area contributed by atoms with Crippen molar-refractivity contribution in [2.75, 3.05) is 13.2 Å². The van der Waals surface area contributed by atoms with Gasteiger partial charge in [-0.25, -0.2) is 0 Å². The zero-order valence-electron chi connectivity index (χ0n) is 26.5. The van der Waals surface area contributed by atoms with Gasteiger partial charge in [-0.05, 0) is 88.8 Å². The second-order valence-corrected chi connectivity index (χ2v) is 9.99. The SMILES string of the molecule is CC.CC.CC(C)=CCCOc1ccc(CCC2NC(=O)C(Cc3ccc(OCCC=C(C)C)cc3)NC2=O)cc1. The molecule has 2 aromatic carbocycles. The van der Waals surface area contributed by atoms with Gasteiger partial charge < -0.3 is 20.1 Å². The van der Waals surface area contributed by atoms with Crippen molar-refractivity contribution in [1.29, 1.82) is 0 Å². The van der Waals surface area contributed by atoms with E-state index in [1.54, 1.807) is 0 Å². The molecule has 0 saturated carbocycles. The Labute approximate surface area is 248 Å². The van der Waals surface area contributed by atoms with Crippen LogP contribution in [0.25, 0.3) is 0 Å². The van der Waals surface area contributed by atoms with Crippen molar-refractivity contribution in [1.82, 2.24) is 10.6 Å². The highest BCUT2D eigenvalue weighted by Gasteiger charge is 2.33. The number of hydrogen-bond acceptors (Lipinski definition) is 4. The minimum absolute atomic E-state index is 0.136. The number of hydrogen-bond donors (Lipinski definition) is 2. The van der Waals surface area contributed by atoms with Crippen LogP contribution in [0.4, 0.5) is 0 Å². The van der Waals surface area contributed by atoms with Crippen molar-refractivity contribution in [3.63, 3.8) is 0 Å². The first-order valence-electron chi connectivity index (χ1n) is 15.1. The smallest absolute Gasteiger partial charge is 0.243 e. The second-order valence-electron chi connectivity index (χ2n) is 9.99. The average Bonchev–Trinajstić information content (AvgIpc) is 2.98. The first-order chi connectivity index (χ1) is 19.8. The molecule has 1 saturated heterocycles. The summed E-state index contributed by atoms with van der Waals surface area (Å²) in [5.74, 6) is 1.35. The number of allylic oxidation sites excluding steroid dienone is 2. The van der Waals surface area contributed by atoms with Gasteiger partial charge in [0, 0.05) is 6.42 Å². The van der Waals surface area contributed by atoms with Crippen LogP contribution >= 0.6 is 0 Å². The maximum Gasteiger partial charge on any atom is 0.243 e. The predicted molar refractivity (Wildman–Crippen MR) is 171 cm³/mol. The van der Waals surface area contributed by atoms with Gasteiger partial charge in [0.15, 0.2) is 0 Å². The lowest BCUT2D eigenvalue weighted by molar-refractivity contribution is -0.136. The minimum Gasteiger partial charge on any atom is -0.493 e. The van der Waals surface area contributed by atoms with E-state index in [0.717, 1.165) is 35.5 Å². The summed E-state index contributed by atoms with van der Waals surface area (Å²) in [4.78, 5) is 25.4. The Hall–Kier alpha value is -3.54. The summed E-state index contributed by atoms with van der Waals surface area (Å²) < 4.78 is 11.5. The molecule has 1 heterocycles. The van der Waals surface area contributed by atoms with Crippen LogP contribution in [0, 0.1) is 0 Å². The van der Waals surface area contributed by atoms with Gasteiger partial charge in [0.2, 0.25) is 11.8 Å². The van der Waals surface area contributed by atoms with Crippen molar-refractivity contribution in [3.05, 3.63) is 83.0 Å². The Bertz CT molecular complexity index is 1080. The van der Waals surface area contributed by atoms with E-state index in [1.807, 2.05) is 76.2 Å². The zero-order valence-corrected chi connectivity index (χ0v) is 26.5. The van der Waals surface area contributed by atoms with Crippen LogP contribution in [-0.4, -0.2) is 37.1 Å². The van der Waals surface area contributed by atoms with Gasteiger partial charge in [0.05, 0.1) is 13.2 Å². The molecule has 0 aliphatic carbocycles. The van der Waals surface area contributed by atoms with E-state index in [1.165, 1.54) is 11.1 Å². The summed E-state index contributed by atoms with van der Waals surface area (Å²) in [6.45, 7) is 17.6. The number of carbonyl (C=O) groups excluding carboxylic acids is 2. The highest BCUT2D eigenvalue weighted by atomic mass is 16.5. The van der Waals surface area contributed by atoms with E-state index < -0.39 is 12.1 Å². The fraction of sp³-hybridized carbons (Fsp3) is 0.486. The third kappa shape index (κ3) is 14.1. The monoisotopic (exact) mass is 564 g/mol. The Morgan fingerprint density at radius 3 is 1.54 bits per heavy atom. The number of carbonyl (C=O) groups is 2. The van der Waals surface area contributed by atoms with E-state index in [9.17, 15) is 9.59 Å². The van der Waals surface area contributed by atoms with Gasteiger partial charge in [0.1, 0.15) is 23.6 Å². The molecule has 0 bridgehead atoms. The van der Waals surface area contributed by atoms with Gasteiger partial charge in [0.25, 0.3) is 0 Å². The van der Waals surface area contributed by atoms with E-state index in [-0.39, 0.29) is 11.8 Å². The molecule has 226 valence electrons.